The highest BCUT2D eigenvalue weighted by molar-refractivity contribution is 5.83. The second kappa shape index (κ2) is 8.85. The highest BCUT2D eigenvalue weighted by Crippen LogP contribution is 2.31. The fourth-order valence-electron chi connectivity index (χ4n) is 4.15. The largest absolute Gasteiger partial charge is 0.497 e. The Morgan fingerprint density at radius 2 is 2.00 bits per heavy atom. The molecule has 1 aromatic heterocycles. The SMILES string of the molecule is COc1cc(C)cc(N(CCO)c2ccc3ncn(C4CCNCC4)c(=O)c3c2)c1. The number of hydrogen-bond acceptors (Lipinski definition) is 6. The number of nitrogens with zero attached hydrogens (tertiary/aromatic N) is 3. The summed E-state index contributed by atoms with van der Waals surface area (Å²) in [5.74, 6) is 0.753. The van der Waals surface area contributed by atoms with Crippen LogP contribution in [0.1, 0.15) is 24.4 Å². The van der Waals surface area contributed by atoms with Crippen molar-refractivity contribution in [2.24, 2.45) is 0 Å². The molecule has 158 valence electrons. The number of anilines is 2. The number of rotatable bonds is 6. The summed E-state index contributed by atoms with van der Waals surface area (Å²) >= 11 is 0. The average molecular weight is 409 g/mol. The number of aliphatic hydroxyl groups is 1. The van der Waals surface area contributed by atoms with E-state index in [0.29, 0.717) is 17.4 Å². The number of fused-ring (bicyclic) bond motifs is 1. The molecule has 3 aromatic rings. The second-order valence-corrected chi connectivity index (χ2v) is 7.72. The summed E-state index contributed by atoms with van der Waals surface area (Å²) in [5, 5.41) is 13.6. The van der Waals surface area contributed by atoms with Crippen molar-refractivity contribution >= 4 is 22.3 Å². The van der Waals surface area contributed by atoms with Crippen molar-refractivity contribution in [2.75, 3.05) is 38.3 Å². The molecular weight excluding hydrogens is 380 g/mol. The number of nitrogens with one attached hydrogen (secondary N) is 1. The molecular formula is C23H28N4O3. The van der Waals surface area contributed by atoms with Crippen LogP contribution < -0.4 is 20.5 Å². The minimum absolute atomic E-state index is 0.0133. The molecule has 7 heteroatoms. The number of ether oxygens (including phenoxy) is 1. The van der Waals surface area contributed by atoms with Crippen LogP contribution in [0.25, 0.3) is 10.9 Å². The standard InChI is InChI=1S/C23H28N4O3/c1-16-11-19(13-20(12-16)30-2)26(9-10-28)18-3-4-22-21(14-18)23(29)27(15-25-22)17-5-7-24-8-6-17/h3-4,11-15,17,24,28H,5-10H2,1-2H3. The predicted octanol–water partition coefficient (Wildman–Crippen LogP) is 2.77. The Labute approximate surface area is 175 Å². The molecule has 30 heavy (non-hydrogen) atoms. The van der Waals surface area contributed by atoms with Gasteiger partial charge in [0.05, 0.1) is 30.9 Å². The van der Waals surface area contributed by atoms with Gasteiger partial charge in [0.25, 0.3) is 5.56 Å². The molecule has 4 rings (SSSR count). The van der Waals surface area contributed by atoms with Gasteiger partial charge in [-0.2, -0.15) is 0 Å². The Morgan fingerprint density at radius 1 is 1.20 bits per heavy atom. The molecule has 0 amide bonds. The summed E-state index contributed by atoms with van der Waals surface area (Å²) in [5.41, 5.74) is 3.47. The third-order valence-electron chi connectivity index (χ3n) is 5.69. The van der Waals surface area contributed by atoms with E-state index in [0.717, 1.165) is 48.6 Å². The molecule has 1 aliphatic heterocycles. The normalized spacial score (nSPS) is 14.8. The van der Waals surface area contributed by atoms with Gasteiger partial charge in [-0.25, -0.2) is 4.98 Å². The van der Waals surface area contributed by atoms with E-state index in [9.17, 15) is 9.90 Å². The van der Waals surface area contributed by atoms with Crippen molar-refractivity contribution < 1.29 is 9.84 Å². The Kier molecular flexibility index (Phi) is 6.01. The van der Waals surface area contributed by atoms with Gasteiger partial charge in [0.1, 0.15) is 5.75 Å². The third kappa shape index (κ3) is 4.04. The van der Waals surface area contributed by atoms with Gasteiger partial charge in [-0.15, -0.1) is 0 Å². The zero-order valence-electron chi connectivity index (χ0n) is 17.5. The number of piperidine rings is 1. The Balaban J connectivity index is 1.79. The summed E-state index contributed by atoms with van der Waals surface area (Å²) < 4.78 is 7.19. The van der Waals surface area contributed by atoms with E-state index in [1.807, 2.05) is 48.2 Å². The van der Waals surface area contributed by atoms with E-state index < -0.39 is 0 Å². The number of hydrogen-bond donors (Lipinski definition) is 2. The summed E-state index contributed by atoms with van der Waals surface area (Å²) in [4.78, 5) is 19.8. The number of aryl methyl sites for hydroxylation is 1. The Morgan fingerprint density at radius 3 is 2.73 bits per heavy atom. The van der Waals surface area contributed by atoms with Gasteiger partial charge in [0, 0.05) is 30.0 Å². The maximum Gasteiger partial charge on any atom is 0.261 e. The molecule has 7 nitrogen and oxygen atoms in total. The van der Waals surface area contributed by atoms with Crippen molar-refractivity contribution in [3.63, 3.8) is 0 Å². The van der Waals surface area contributed by atoms with Gasteiger partial charge in [0.2, 0.25) is 0 Å². The lowest BCUT2D eigenvalue weighted by molar-refractivity contribution is 0.305. The molecule has 1 saturated heterocycles. The summed E-state index contributed by atoms with van der Waals surface area (Å²) in [7, 11) is 1.64. The van der Waals surface area contributed by atoms with Crippen molar-refractivity contribution in [2.45, 2.75) is 25.8 Å². The van der Waals surface area contributed by atoms with E-state index in [1.54, 1.807) is 18.0 Å². The van der Waals surface area contributed by atoms with Gasteiger partial charge in [-0.1, -0.05) is 0 Å². The van der Waals surface area contributed by atoms with E-state index in [2.05, 4.69) is 10.3 Å². The molecule has 0 spiro atoms. The van der Waals surface area contributed by atoms with Crippen LogP contribution in [0.3, 0.4) is 0 Å². The van der Waals surface area contributed by atoms with Crippen LogP contribution in [-0.4, -0.2) is 48.0 Å². The maximum atomic E-state index is 13.3. The summed E-state index contributed by atoms with van der Waals surface area (Å²) in [6.07, 6.45) is 3.52. The lowest BCUT2D eigenvalue weighted by atomic mass is 10.1. The van der Waals surface area contributed by atoms with Crippen LogP contribution in [0.4, 0.5) is 11.4 Å². The lowest BCUT2D eigenvalue weighted by Crippen LogP contribution is -2.34. The zero-order chi connectivity index (χ0) is 21.1. The highest BCUT2D eigenvalue weighted by atomic mass is 16.5. The van der Waals surface area contributed by atoms with Crippen LogP contribution in [0.15, 0.2) is 47.5 Å². The average Bonchev–Trinajstić information content (AvgIpc) is 2.78. The van der Waals surface area contributed by atoms with Crippen LogP contribution in [0, 0.1) is 6.92 Å². The predicted molar refractivity (Wildman–Crippen MR) is 119 cm³/mol. The first-order chi connectivity index (χ1) is 14.6. The minimum atomic E-state index is -0.0143. The number of methoxy groups -OCH3 is 1. The summed E-state index contributed by atoms with van der Waals surface area (Å²) in [6, 6.07) is 11.8. The van der Waals surface area contributed by atoms with E-state index in [4.69, 9.17) is 4.74 Å². The first-order valence-corrected chi connectivity index (χ1v) is 10.4. The van der Waals surface area contributed by atoms with Gasteiger partial charge in [-0.3, -0.25) is 9.36 Å². The van der Waals surface area contributed by atoms with Crippen LogP contribution in [0.2, 0.25) is 0 Å². The highest BCUT2D eigenvalue weighted by Gasteiger charge is 2.18. The molecule has 0 radical (unpaired) electrons. The second-order valence-electron chi connectivity index (χ2n) is 7.72. The molecule has 0 bridgehead atoms. The number of benzene rings is 2. The quantitative estimate of drug-likeness (QED) is 0.653. The lowest BCUT2D eigenvalue weighted by Gasteiger charge is -2.26. The zero-order valence-corrected chi connectivity index (χ0v) is 17.5. The third-order valence-corrected chi connectivity index (χ3v) is 5.69. The fourth-order valence-corrected chi connectivity index (χ4v) is 4.15. The van der Waals surface area contributed by atoms with E-state index >= 15 is 0 Å². The van der Waals surface area contributed by atoms with Gasteiger partial charge < -0.3 is 20.1 Å². The van der Waals surface area contributed by atoms with Crippen molar-refractivity contribution in [3.05, 3.63) is 58.6 Å². The first-order valence-electron chi connectivity index (χ1n) is 10.4. The smallest absolute Gasteiger partial charge is 0.261 e. The van der Waals surface area contributed by atoms with E-state index in [-0.39, 0.29) is 18.2 Å². The van der Waals surface area contributed by atoms with Crippen molar-refractivity contribution in [3.8, 4) is 5.75 Å². The molecule has 2 aromatic carbocycles. The van der Waals surface area contributed by atoms with Gasteiger partial charge >= 0.3 is 0 Å². The van der Waals surface area contributed by atoms with E-state index in [1.165, 1.54) is 0 Å². The topological polar surface area (TPSA) is 79.6 Å². The number of aromatic nitrogens is 2. The first kappa shape index (κ1) is 20.4. The van der Waals surface area contributed by atoms with Crippen LogP contribution >= 0.6 is 0 Å². The molecule has 0 atom stereocenters. The molecule has 1 fully saturated rings. The molecule has 0 unspecified atom stereocenters. The number of aliphatic hydroxyl groups excluding tert-OH is 1. The minimum Gasteiger partial charge on any atom is -0.497 e. The fraction of sp³-hybridized carbons (Fsp3) is 0.391. The van der Waals surface area contributed by atoms with Crippen molar-refractivity contribution in [1.82, 2.24) is 14.9 Å². The van der Waals surface area contributed by atoms with Crippen molar-refractivity contribution in [1.29, 1.82) is 0 Å². The Hall–Kier alpha value is -2.90. The molecule has 1 aliphatic rings. The molecule has 2 heterocycles. The van der Waals surface area contributed by atoms with Crippen LogP contribution in [-0.2, 0) is 0 Å². The molecule has 0 aliphatic carbocycles. The molecule has 0 saturated carbocycles. The van der Waals surface area contributed by atoms with Gasteiger partial charge in [-0.05, 0) is 68.8 Å². The van der Waals surface area contributed by atoms with Gasteiger partial charge in [0.15, 0.2) is 0 Å². The molecule has 2 N–H and O–H groups in total. The monoisotopic (exact) mass is 408 g/mol. The summed E-state index contributed by atoms with van der Waals surface area (Å²) in [6.45, 7) is 4.22. The maximum absolute atomic E-state index is 13.3. The van der Waals surface area contributed by atoms with Crippen LogP contribution in [0.5, 0.6) is 5.75 Å². The Bertz CT molecular complexity index is 1090.